The van der Waals surface area contributed by atoms with Gasteiger partial charge in [-0.1, -0.05) is 12.1 Å². The van der Waals surface area contributed by atoms with Crippen LogP contribution in [0.1, 0.15) is 29.5 Å². The molecule has 176 valence electrons. The van der Waals surface area contributed by atoms with E-state index in [0.29, 0.717) is 43.9 Å². The number of aryl methyl sites for hydroxylation is 2. The molecule has 0 aliphatic carbocycles. The number of nitrogens with one attached hydrogen (secondary N) is 2. The van der Waals surface area contributed by atoms with Gasteiger partial charge in [0.25, 0.3) is 0 Å². The Balaban J connectivity index is 1.27. The van der Waals surface area contributed by atoms with Gasteiger partial charge >= 0.3 is 0 Å². The van der Waals surface area contributed by atoms with Gasteiger partial charge in [-0.25, -0.2) is 8.42 Å². The van der Waals surface area contributed by atoms with E-state index in [-0.39, 0.29) is 12.3 Å². The standard InChI is InChI=1S/C24H30N4O4S/c1-17-3-5-20(13-18(17)2)33(29,30)28-11-7-24(8-12-28)23(25-9-10-27-24)26-15-19-4-6-21-22(14-19)32-16-31-21/h3-6,13-14,27H,7-12,15-16H2,1-2H3,(H,25,26). The summed E-state index contributed by atoms with van der Waals surface area (Å²) in [5.41, 5.74) is 2.83. The number of hydrogen-bond acceptors (Lipinski definition) is 7. The van der Waals surface area contributed by atoms with Crippen molar-refractivity contribution in [2.45, 2.75) is 43.7 Å². The fourth-order valence-electron chi connectivity index (χ4n) is 4.71. The molecule has 3 aliphatic heterocycles. The number of ether oxygens (including phenoxy) is 2. The molecule has 2 aromatic carbocycles. The molecule has 3 aliphatic rings. The van der Waals surface area contributed by atoms with E-state index in [1.54, 1.807) is 16.4 Å². The minimum Gasteiger partial charge on any atom is -0.454 e. The SMILES string of the molecule is Cc1ccc(S(=O)(=O)N2CCC3(CC2)NCCN=C3NCc2ccc3c(c2)OCO3)cc1C. The second-order valence-electron chi connectivity index (χ2n) is 8.93. The first-order valence-electron chi connectivity index (χ1n) is 11.4. The van der Waals surface area contributed by atoms with Crippen LogP contribution in [-0.2, 0) is 16.6 Å². The first-order chi connectivity index (χ1) is 15.9. The van der Waals surface area contributed by atoms with Crippen molar-refractivity contribution in [3.63, 3.8) is 0 Å². The maximum Gasteiger partial charge on any atom is 0.243 e. The summed E-state index contributed by atoms with van der Waals surface area (Å²) in [4.78, 5) is 5.15. The Morgan fingerprint density at radius 2 is 1.85 bits per heavy atom. The Morgan fingerprint density at radius 3 is 2.64 bits per heavy atom. The van der Waals surface area contributed by atoms with Crippen LogP contribution in [0, 0.1) is 13.8 Å². The molecule has 0 unspecified atom stereocenters. The van der Waals surface area contributed by atoms with Crippen LogP contribution in [0.15, 0.2) is 46.3 Å². The number of hydrogen-bond donors (Lipinski definition) is 2. The van der Waals surface area contributed by atoms with Crippen molar-refractivity contribution >= 4 is 15.9 Å². The van der Waals surface area contributed by atoms with Crippen molar-refractivity contribution in [3.8, 4) is 11.5 Å². The first-order valence-corrected chi connectivity index (χ1v) is 12.8. The molecular weight excluding hydrogens is 440 g/mol. The van der Waals surface area contributed by atoms with Gasteiger partial charge in [0, 0.05) is 26.2 Å². The van der Waals surface area contributed by atoms with E-state index in [2.05, 4.69) is 10.6 Å². The Bertz CT molecular complexity index is 1190. The van der Waals surface area contributed by atoms with Crippen LogP contribution < -0.4 is 20.1 Å². The summed E-state index contributed by atoms with van der Waals surface area (Å²) in [5.74, 6) is 2.44. The molecule has 33 heavy (non-hydrogen) atoms. The maximum atomic E-state index is 13.2. The average molecular weight is 471 g/mol. The number of sulfonamides is 1. The lowest BCUT2D eigenvalue weighted by atomic mass is 9.85. The minimum absolute atomic E-state index is 0.257. The highest BCUT2D eigenvalue weighted by atomic mass is 32.2. The number of amidine groups is 1. The third kappa shape index (κ3) is 4.20. The second-order valence-corrected chi connectivity index (χ2v) is 10.9. The summed E-state index contributed by atoms with van der Waals surface area (Å²) in [5, 5.41) is 7.14. The van der Waals surface area contributed by atoms with Crippen molar-refractivity contribution in [1.29, 1.82) is 0 Å². The number of benzene rings is 2. The highest BCUT2D eigenvalue weighted by Crippen LogP contribution is 2.33. The summed E-state index contributed by atoms with van der Waals surface area (Å²) in [6, 6.07) is 11.3. The highest BCUT2D eigenvalue weighted by molar-refractivity contribution is 7.89. The molecule has 5 rings (SSSR count). The second kappa shape index (κ2) is 8.62. The molecule has 3 heterocycles. The molecule has 1 spiro atoms. The fraction of sp³-hybridized carbons (Fsp3) is 0.458. The fourth-order valence-corrected chi connectivity index (χ4v) is 6.23. The highest BCUT2D eigenvalue weighted by Gasteiger charge is 2.43. The predicted octanol–water partition coefficient (Wildman–Crippen LogP) is 2.35. The molecule has 1 fully saturated rings. The van der Waals surface area contributed by atoms with Crippen LogP contribution in [0.3, 0.4) is 0 Å². The zero-order chi connectivity index (χ0) is 23.1. The van der Waals surface area contributed by atoms with Gasteiger partial charge in [0.15, 0.2) is 11.5 Å². The van der Waals surface area contributed by atoms with Crippen molar-refractivity contribution in [2.24, 2.45) is 4.99 Å². The van der Waals surface area contributed by atoms with Gasteiger partial charge in [-0.2, -0.15) is 4.31 Å². The molecule has 0 saturated carbocycles. The molecule has 0 bridgehead atoms. The number of piperidine rings is 1. The van der Waals surface area contributed by atoms with E-state index in [9.17, 15) is 8.42 Å². The third-order valence-corrected chi connectivity index (χ3v) is 8.78. The van der Waals surface area contributed by atoms with Crippen molar-refractivity contribution < 1.29 is 17.9 Å². The number of nitrogens with zero attached hydrogens (tertiary/aromatic N) is 2. The molecule has 0 radical (unpaired) electrons. The van der Waals surface area contributed by atoms with Crippen molar-refractivity contribution in [3.05, 3.63) is 53.1 Å². The molecule has 0 aromatic heterocycles. The Kier molecular flexibility index (Phi) is 5.80. The number of aliphatic imine (C=N–C) groups is 1. The average Bonchev–Trinajstić information content (AvgIpc) is 3.28. The van der Waals surface area contributed by atoms with Crippen LogP contribution in [0.25, 0.3) is 0 Å². The molecule has 0 amide bonds. The van der Waals surface area contributed by atoms with Crippen LogP contribution in [0.4, 0.5) is 0 Å². The van der Waals surface area contributed by atoms with Gasteiger partial charge in [-0.15, -0.1) is 0 Å². The van der Waals surface area contributed by atoms with Crippen LogP contribution >= 0.6 is 0 Å². The van der Waals surface area contributed by atoms with Gasteiger partial charge in [-0.05, 0) is 67.6 Å². The predicted molar refractivity (Wildman–Crippen MR) is 126 cm³/mol. The molecule has 1 saturated heterocycles. The van der Waals surface area contributed by atoms with Gasteiger partial charge in [-0.3, -0.25) is 4.99 Å². The van der Waals surface area contributed by atoms with E-state index in [0.717, 1.165) is 40.6 Å². The van der Waals surface area contributed by atoms with Gasteiger partial charge in [0.05, 0.1) is 17.0 Å². The molecule has 2 N–H and O–H groups in total. The molecular formula is C24H30N4O4S. The lowest BCUT2D eigenvalue weighted by molar-refractivity contribution is 0.174. The third-order valence-electron chi connectivity index (χ3n) is 6.89. The van der Waals surface area contributed by atoms with Crippen LogP contribution in [0.2, 0.25) is 0 Å². The Hall–Kier alpha value is -2.62. The molecule has 9 heteroatoms. The van der Waals surface area contributed by atoms with E-state index in [4.69, 9.17) is 14.5 Å². The van der Waals surface area contributed by atoms with E-state index in [1.807, 2.05) is 38.1 Å². The van der Waals surface area contributed by atoms with E-state index in [1.165, 1.54) is 0 Å². The van der Waals surface area contributed by atoms with Crippen molar-refractivity contribution in [1.82, 2.24) is 14.9 Å². The smallest absolute Gasteiger partial charge is 0.243 e. The first kappa shape index (κ1) is 22.2. The van der Waals surface area contributed by atoms with Crippen LogP contribution in [0.5, 0.6) is 11.5 Å². The largest absolute Gasteiger partial charge is 0.454 e. The molecule has 2 aromatic rings. The topological polar surface area (TPSA) is 92.3 Å². The quantitative estimate of drug-likeness (QED) is 0.713. The summed E-state index contributed by atoms with van der Waals surface area (Å²) < 4.78 is 39.0. The molecule has 0 atom stereocenters. The van der Waals surface area contributed by atoms with E-state index < -0.39 is 10.0 Å². The summed E-state index contributed by atoms with van der Waals surface area (Å²) >= 11 is 0. The van der Waals surface area contributed by atoms with Crippen molar-refractivity contribution in [2.75, 3.05) is 33.0 Å². The Labute approximate surface area is 195 Å². The lowest BCUT2D eigenvalue weighted by Crippen LogP contribution is -2.64. The minimum atomic E-state index is -3.52. The summed E-state index contributed by atoms with van der Waals surface area (Å²) in [7, 11) is -3.52. The maximum absolute atomic E-state index is 13.2. The van der Waals surface area contributed by atoms with E-state index >= 15 is 0 Å². The zero-order valence-corrected chi connectivity index (χ0v) is 19.9. The number of rotatable bonds is 4. The summed E-state index contributed by atoms with van der Waals surface area (Å²) in [6.45, 7) is 7.20. The normalized spacial score (nSPS) is 20.0. The number of fused-ring (bicyclic) bond motifs is 1. The van der Waals surface area contributed by atoms with Gasteiger partial charge in [0.1, 0.15) is 5.84 Å². The molecule has 8 nitrogen and oxygen atoms in total. The monoisotopic (exact) mass is 470 g/mol. The van der Waals surface area contributed by atoms with Gasteiger partial charge < -0.3 is 20.1 Å². The Morgan fingerprint density at radius 1 is 1.06 bits per heavy atom. The zero-order valence-electron chi connectivity index (χ0n) is 19.1. The van der Waals surface area contributed by atoms with Gasteiger partial charge in [0.2, 0.25) is 16.8 Å². The summed E-state index contributed by atoms with van der Waals surface area (Å²) in [6.07, 6.45) is 1.34. The van der Waals surface area contributed by atoms with Crippen LogP contribution in [-0.4, -0.2) is 57.1 Å². The lowest BCUT2D eigenvalue weighted by Gasteiger charge is -2.44.